The molecule has 0 bridgehead atoms. The van der Waals surface area contributed by atoms with E-state index in [1.807, 2.05) is 0 Å². The monoisotopic (exact) mass is 535 g/mol. The van der Waals surface area contributed by atoms with Gasteiger partial charge in [0.05, 0.1) is 0 Å². The van der Waals surface area contributed by atoms with Crippen LogP contribution in [0.3, 0.4) is 0 Å². The Hall–Kier alpha value is 1.11. The standard InChI is InChI=1S/C6H12N.C5H5.6CH3.2ClH.Hf.H2Si/c7-6-4-2-1-3-5-6;1-2-4-5-3-1;;;;;;;;;;/h6-7H,1-5H2;1-3H,4H2;6*1H3;2*1H;;1H2/q-1;;;;;;;;;;+1;. The van der Waals surface area contributed by atoms with Crippen LogP contribution in [-0.2, 0) is 11.5 Å². The Morgan fingerprint density at radius 2 is 1.45 bits per heavy atom. The first kappa shape index (κ1) is 23.1. The first-order valence-corrected chi connectivity index (χ1v) is 42.2. The maximum atomic E-state index is 4.39. The molecule has 2 rings (SSSR count). The van der Waals surface area contributed by atoms with Crippen LogP contribution in [0.5, 0.6) is 0 Å². The molecule has 5 heteroatoms. The predicted octanol–water partition coefficient (Wildman–Crippen LogP) is 6.18. The van der Waals surface area contributed by atoms with Gasteiger partial charge < -0.3 is 0 Å². The molecule has 0 aromatic heterocycles. The number of allylic oxidation sites excluding steroid dienone is 4. The molecule has 2 aliphatic rings. The van der Waals surface area contributed by atoms with Crippen LogP contribution in [0.1, 0.15) is 38.5 Å². The molecule has 1 nitrogen and oxygen atoms in total. The van der Waals surface area contributed by atoms with Crippen molar-refractivity contribution in [1.82, 2.24) is 3.30 Å². The third-order valence-corrected chi connectivity index (χ3v) is 38.2. The molecule has 134 valence electrons. The van der Waals surface area contributed by atoms with E-state index in [4.69, 9.17) is 0 Å². The normalized spacial score (nSPS) is 29.0. The Kier molecular flexibility index (Phi) is 3.67. The summed E-state index contributed by atoms with van der Waals surface area (Å²) in [5.74, 6) is 0. The molecule has 22 heavy (non-hydrogen) atoms. The van der Waals surface area contributed by atoms with Crippen molar-refractivity contribution in [3.8, 4) is 0 Å². The van der Waals surface area contributed by atoms with Crippen LogP contribution in [0.4, 0.5) is 0 Å². The number of nitrogens with one attached hydrogen (secondary N) is 1. The molecule has 0 aromatic rings. The van der Waals surface area contributed by atoms with Gasteiger partial charge in [0.1, 0.15) is 0 Å². The zero-order chi connectivity index (χ0) is 15.6. The maximum absolute atomic E-state index is 5.02. The SMILES string of the molecule is Cl.Cl.[CH3][Hf]([CH3])([CH3])([CH3])([CH3])([CH3])(=[SiH2])([NH]C1CCCCC1)[C]1=CC=CC1. The topological polar surface area (TPSA) is 12.0 Å². The second-order valence-corrected chi connectivity index (χ2v) is 155. The van der Waals surface area contributed by atoms with E-state index in [1.165, 1.54) is 32.1 Å². The number of hydrogen-bond acceptors (Lipinski definition) is 1. The Morgan fingerprint density at radius 1 is 0.955 bits per heavy atom. The summed E-state index contributed by atoms with van der Waals surface area (Å²) >= 11 is -5.02. The molecule has 2 aliphatic carbocycles. The fraction of sp³-hybridized carbons (Fsp3) is 0.765. The van der Waals surface area contributed by atoms with Crippen molar-refractivity contribution in [1.29, 1.82) is 0 Å². The number of rotatable bonds is 3. The predicted molar refractivity (Wildman–Crippen MR) is 110 cm³/mol. The van der Waals surface area contributed by atoms with E-state index in [0.29, 0.717) is 6.04 Å². The molecule has 0 aliphatic heterocycles. The second kappa shape index (κ2) is 3.49. The molecular formula is C17H39Cl2HfNSi. The Bertz CT molecular complexity index is 702. The van der Waals surface area contributed by atoms with Crippen LogP contribution in [0.15, 0.2) is 21.6 Å². The van der Waals surface area contributed by atoms with E-state index < -0.39 is 11.5 Å². The van der Waals surface area contributed by atoms with E-state index in [0.717, 1.165) is 6.42 Å². The molecule has 1 N–H and O–H groups in total. The summed E-state index contributed by atoms with van der Waals surface area (Å²) in [6, 6.07) is 0.665. The van der Waals surface area contributed by atoms with Crippen LogP contribution in [0.25, 0.3) is 0 Å². The summed E-state index contributed by atoms with van der Waals surface area (Å²) in [7, 11) is 0. The van der Waals surface area contributed by atoms with Crippen molar-refractivity contribution in [3.63, 3.8) is 0 Å². The van der Waals surface area contributed by atoms with Crippen LogP contribution in [-0.4, -0.2) is 13.0 Å². The average molecular weight is 535 g/mol. The van der Waals surface area contributed by atoms with Gasteiger partial charge in [0.15, 0.2) is 0 Å². The van der Waals surface area contributed by atoms with Crippen LogP contribution in [0, 0.1) is 0 Å². The van der Waals surface area contributed by atoms with Gasteiger partial charge in [-0.1, -0.05) is 0 Å². The van der Waals surface area contributed by atoms with E-state index >= 15 is 0 Å². The minimum absolute atomic E-state index is 0. The van der Waals surface area contributed by atoms with Gasteiger partial charge in [-0.05, 0) is 0 Å². The molecule has 1 saturated carbocycles. The molecule has 0 saturated heterocycles. The van der Waals surface area contributed by atoms with Crippen molar-refractivity contribution in [2.24, 2.45) is 0 Å². The van der Waals surface area contributed by atoms with E-state index in [2.05, 4.69) is 56.6 Å². The zero-order valence-electron chi connectivity index (χ0n) is 15.6. The minimum atomic E-state index is -5.02. The van der Waals surface area contributed by atoms with Crippen LogP contribution >= 0.6 is 24.8 Å². The first-order valence-electron chi connectivity index (χ1n) is 8.68. The van der Waals surface area contributed by atoms with E-state index in [9.17, 15) is 0 Å². The summed E-state index contributed by atoms with van der Waals surface area (Å²) in [6.07, 6.45) is 14.9. The molecule has 0 unspecified atom stereocenters. The summed E-state index contributed by atoms with van der Waals surface area (Å²) < 4.78 is 21.7. The van der Waals surface area contributed by atoms with Crippen molar-refractivity contribution in [3.05, 3.63) is 21.6 Å². The number of halogens is 2. The van der Waals surface area contributed by atoms with Crippen LogP contribution < -0.4 is 3.30 Å². The molecule has 0 heterocycles. The Morgan fingerprint density at radius 3 is 1.86 bits per heavy atom. The quantitative estimate of drug-likeness (QED) is 0.426. The van der Waals surface area contributed by atoms with Crippen molar-refractivity contribution < 1.29 is 11.5 Å². The number of hydrogen-bond donors (Lipinski definition) is 1. The molecule has 1 fully saturated rings. The second-order valence-electron chi connectivity index (χ2n) is 16.9. The van der Waals surface area contributed by atoms with Crippen molar-refractivity contribution >= 4 is 31.8 Å². The van der Waals surface area contributed by atoms with E-state index in [1.54, 1.807) is 3.33 Å². The fourth-order valence-electron chi connectivity index (χ4n) is 4.59. The molecular weight excluding hydrogens is 496 g/mol. The fourth-order valence-corrected chi connectivity index (χ4v) is 31.7. The van der Waals surface area contributed by atoms with Gasteiger partial charge in [-0.3, -0.25) is 0 Å². The van der Waals surface area contributed by atoms with E-state index in [-0.39, 0.29) is 24.8 Å². The third kappa shape index (κ3) is 4.81. The summed E-state index contributed by atoms with van der Waals surface area (Å²) in [6.45, 7) is 2.31. The average Bonchev–Trinajstić information content (AvgIpc) is 2.68. The molecule has 0 aromatic carbocycles. The Balaban J connectivity index is 0.00000220. The van der Waals surface area contributed by atoms with Crippen molar-refractivity contribution in [2.45, 2.75) is 72.6 Å². The first-order chi connectivity index (χ1) is 8.30. The molecule has 0 amide bonds. The van der Waals surface area contributed by atoms with Crippen LogP contribution in [0.2, 0.25) is 28.1 Å². The summed E-state index contributed by atoms with van der Waals surface area (Å²) in [4.78, 5) is 0. The van der Waals surface area contributed by atoms with Gasteiger partial charge in [0, 0.05) is 0 Å². The zero-order valence-corrected chi connectivity index (χ0v) is 22.2. The van der Waals surface area contributed by atoms with Gasteiger partial charge in [-0.2, -0.15) is 0 Å². The Labute approximate surface area is 140 Å². The molecule has 0 atom stereocenters. The molecule has 0 radical (unpaired) electrons. The third-order valence-electron chi connectivity index (χ3n) is 5.94. The molecule has 0 spiro atoms. The van der Waals surface area contributed by atoms with Crippen molar-refractivity contribution in [2.75, 3.05) is 0 Å². The van der Waals surface area contributed by atoms with Gasteiger partial charge >= 0.3 is 116 Å². The van der Waals surface area contributed by atoms with Gasteiger partial charge in [0.25, 0.3) is 0 Å². The van der Waals surface area contributed by atoms with Gasteiger partial charge in [-0.15, -0.1) is 24.8 Å². The van der Waals surface area contributed by atoms with Gasteiger partial charge in [-0.25, -0.2) is 0 Å². The van der Waals surface area contributed by atoms with Gasteiger partial charge in [0.2, 0.25) is 0 Å². The summed E-state index contributed by atoms with van der Waals surface area (Å²) in [5, 5.41) is 0. The summed E-state index contributed by atoms with van der Waals surface area (Å²) in [5.41, 5.74) is 0.